The molecule has 2 aromatic carbocycles. The smallest absolute Gasteiger partial charge is 0.101 e. The summed E-state index contributed by atoms with van der Waals surface area (Å²) in [5.41, 5.74) is 2.01. The first-order valence-electron chi connectivity index (χ1n) is 4.92. The van der Waals surface area contributed by atoms with Crippen LogP contribution >= 0.6 is 23.2 Å². The highest BCUT2D eigenvalue weighted by atomic mass is 35.5. The molecule has 2 nitrogen and oxygen atoms in total. The lowest BCUT2D eigenvalue weighted by Crippen LogP contribution is -1.93. The van der Waals surface area contributed by atoms with Crippen molar-refractivity contribution >= 4 is 34.6 Å². The number of hydrogen-bond donors (Lipinski definition) is 1. The SMILES string of the molecule is N#Cc1ccccc1Nc1ccc(Cl)cc1Cl. The zero-order valence-electron chi connectivity index (χ0n) is 8.74. The number of nitrogens with zero attached hydrogens (tertiary/aromatic N) is 1. The molecule has 0 saturated carbocycles. The maximum atomic E-state index is 8.97. The molecule has 0 bridgehead atoms. The Bertz CT molecular complexity index is 588. The van der Waals surface area contributed by atoms with Crippen molar-refractivity contribution in [3.63, 3.8) is 0 Å². The monoisotopic (exact) mass is 262 g/mol. The van der Waals surface area contributed by atoms with Crippen LogP contribution in [0.3, 0.4) is 0 Å². The molecule has 0 aliphatic heterocycles. The van der Waals surface area contributed by atoms with Crippen molar-refractivity contribution < 1.29 is 0 Å². The number of anilines is 2. The van der Waals surface area contributed by atoms with Gasteiger partial charge in [0.15, 0.2) is 0 Å². The highest BCUT2D eigenvalue weighted by Gasteiger charge is 2.04. The Morgan fingerprint density at radius 2 is 1.76 bits per heavy atom. The minimum absolute atomic E-state index is 0.519. The van der Waals surface area contributed by atoms with Crippen molar-refractivity contribution in [1.82, 2.24) is 0 Å². The van der Waals surface area contributed by atoms with E-state index in [0.29, 0.717) is 15.6 Å². The molecule has 0 atom stereocenters. The van der Waals surface area contributed by atoms with Crippen molar-refractivity contribution in [3.05, 3.63) is 58.1 Å². The predicted molar refractivity (Wildman–Crippen MR) is 70.9 cm³/mol. The first kappa shape index (κ1) is 11.8. The van der Waals surface area contributed by atoms with Gasteiger partial charge in [-0.2, -0.15) is 5.26 Å². The van der Waals surface area contributed by atoms with Gasteiger partial charge in [0.2, 0.25) is 0 Å². The lowest BCUT2D eigenvalue weighted by atomic mass is 10.2. The van der Waals surface area contributed by atoms with Gasteiger partial charge in [-0.05, 0) is 30.3 Å². The summed E-state index contributed by atoms with van der Waals surface area (Å²) in [4.78, 5) is 0. The number of hydrogen-bond acceptors (Lipinski definition) is 2. The van der Waals surface area contributed by atoms with Crippen LogP contribution in [0.15, 0.2) is 42.5 Å². The minimum Gasteiger partial charge on any atom is -0.353 e. The normalized spacial score (nSPS) is 9.71. The highest BCUT2D eigenvalue weighted by molar-refractivity contribution is 6.36. The fourth-order valence-corrected chi connectivity index (χ4v) is 1.88. The Hall–Kier alpha value is -1.69. The second-order valence-electron chi connectivity index (χ2n) is 3.41. The second-order valence-corrected chi connectivity index (χ2v) is 4.25. The zero-order chi connectivity index (χ0) is 12.3. The molecule has 84 valence electrons. The van der Waals surface area contributed by atoms with Gasteiger partial charge >= 0.3 is 0 Å². The molecular weight excluding hydrogens is 255 g/mol. The number of para-hydroxylation sites is 1. The van der Waals surface area contributed by atoms with Gasteiger partial charge in [-0.1, -0.05) is 35.3 Å². The lowest BCUT2D eigenvalue weighted by Gasteiger charge is -2.09. The third kappa shape index (κ3) is 2.71. The Morgan fingerprint density at radius 3 is 2.47 bits per heavy atom. The van der Waals surface area contributed by atoms with E-state index in [1.54, 1.807) is 24.3 Å². The van der Waals surface area contributed by atoms with Gasteiger partial charge in [0.05, 0.1) is 22.0 Å². The molecule has 0 aliphatic rings. The van der Waals surface area contributed by atoms with Gasteiger partial charge in [-0.25, -0.2) is 0 Å². The van der Waals surface area contributed by atoms with E-state index in [1.165, 1.54) is 0 Å². The minimum atomic E-state index is 0.519. The van der Waals surface area contributed by atoms with Crippen LogP contribution < -0.4 is 5.32 Å². The number of halogens is 2. The van der Waals surface area contributed by atoms with E-state index in [-0.39, 0.29) is 0 Å². The van der Waals surface area contributed by atoms with Gasteiger partial charge in [-0.3, -0.25) is 0 Å². The average Bonchev–Trinajstić information content (AvgIpc) is 2.33. The third-order valence-corrected chi connectivity index (χ3v) is 2.80. The van der Waals surface area contributed by atoms with E-state index >= 15 is 0 Å². The van der Waals surface area contributed by atoms with Crippen LogP contribution in [0.25, 0.3) is 0 Å². The van der Waals surface area contributed by atoms with Crippen LogP contribution in [0.2, 0.25) is 10.0 Å². The molecule has 2 rings (SSSR count). The average molecular weight is 263 g/mol. The Labute approximate surface area is 109 Å². The van der Waals surface area contributed by atoms with Gasteiger partial charge in [-0.15, -0.1) is 0 Å². The molecular formula is C13H8Cl2N2. The van der Waals surface area contributed by atoms with Crippen LogP contribution in [0, 0.1) is 11.3 Å². The van der Waals surface area contributed by atoms with Crippen molar-refractivity contribution in [2.45, 2.75) is 0 Å². The van der Waals surface area contributed by atoms with E-state index in [2.05, 4.69) is 11.4 Å². The summed E-state index contributed by atoms with van der Waals surface area (Å²) in [5, 5.41) is 13.2. The highest BCUT2D eigenvalue weighted by Crippen LogP contribution is 2.29. The number of benzene rings is 2. The topological polar surface area (TPSA) is 35.8 Å². The quantitative estimate of drug-likeness (QED) is 0.858. The van der Waals surface area contributed by atoms with Crippen LogP contribution in [-0.2, 0) is 0 Å². The largest absolute Gasteiger partial charge is 0.353 e. The van der Waals surface area contributed by atoms with Gasteiger partial charge in [0.25, 0.3) is 0 Å². The number of rotatable bonds is 2. The number of nitriles is 1. The van der Waals surface area contributed by atoms with Crippen molar-refractivity contribution in [1.29, 1.82) is 5.26 Å². The molecule has 0 saturated heterocycles. The molecule has 1 N–H and O–H groups in total. The Morgan fingerprint density at radius 1 is 1.00 bits per heavy atom. The van der Waals surface area contributed by atoms with E-state index in [0.717, 1.165) is 11.4 Å². The molecule has 0 spiro atoms. The summed E-state index contributed by atoms with van der Waals surface area (Å²) in [6.45, 7) is 0. The molecule has 0 aromatic heterocycles. The number of nitrogens with one attached hydrogen (secondary N) is 1. The summed E-state index contributed by atoms with van der Waals surface area (Å²) in [5.74, 6) is 0. The van der Waals surface area contributed by atoms with Gasteiger partial charge < -0.3 is 5.32 Å². The molecule has 17 heavy (non-hydrogen) atoms. The van der Waals surface area contributed by atoms with Crippen molar-refractivity contribution in [2.75, 3.05) is 5.32 Å². The zero-order valence-corrected chi connectivity index (χ0v) is 10.3. The second kappa shape index (κ2) is 5.09. The summed E-state index contributed by atoms with van der Waals surface area (Å²) in [6, 6.07) is 14.5. The molecule has 4 heteroatoms. The van der Waals surface area contributed by atoms with Gasteiger partial charge in [0, 0.05) is 5.02 Å². The van der Waals surface area contributed by atoms with Crippen molar-refractivity contribution in [2.24, 2.45) is 0 Å². The van der Waals surface area contributed by atoms with Gasteiger partial charge in [0.1, 0.15) is 6.07 Å². The molecule has 0 unspecified atom stereocenters. The summed E-state index contributed by atoms with van der Waals surface area (Å²) in [6.07, 6.45) is 0. The Kier molecular flexibility index (Phi) is 3.53. The van der Waals surface area contributed by atoms with Crippen LogP contribution in [0.5, 0.6) is 0 Å². The lowest BCUT2D eigenvalue weighted by molar-refractivity contribution is 1.46. The summed E-state index contributed by atoms with van der Waals surface area (Å²) < 4.78 is 0. The molecule has 0 heterocycles. The first-order valence-corrected chi connectivity index (χ1v) is 5.67. The summed E-state index contributed by atoms with van der Waals surface area (Å²) in [7, 11) is 0. The first-order chi connectivity index (χ1) is 8.20. The molecule has 0 radical (unpaired) electrons. The molecule has 2 aromatic rings. The van der Waals surface area contributed by atoms with Crippen LogP contribution in [0.1, 0.15) is 5.56 Å². The van der Waals surface area contributed by atoms with E-state index in [9.17, 15) is 0 Å². The van der Waals surface area contributed by atoms with Crippen LogP contribution in [0.4, 0.5) is 11.4 Å². The fourth-order valence-electron chi connectivity index (χ4n) is 1.43. The fraction of sp³-hybridized carbons (Fsp3) is 0. The maximum absolute atomic E-state index is 8.97. The molecule has 0 amide bonds. The predicted octanol–water partition coefficient (Wildman–Crippen LogP) is 4.61. The van der Waals surface area contributed by atoms with Crippen LogP contribution in [-0.4, -0.2) is 0 Å². The Balaban J connectivity index is 2.35. The molecule has 0 fully saturated rings. The van der Waals surface area contributed by atoms with E-state index in [1.807, 2.05) is 18.2 Å². The van der Waals surface area contributed by atoms with Crippen molar-refractivity contribution in [3.8, 4) is 6.07 Å². The maximum Gasteiger partial charge on any atom is 0.101 e. The standard InChI is InChI=1S/C13H8Cl2N2/c14-10-5-6-13(11(15)7-10)17-12-4-2-1-3-9(12)8-16/h1-7,17H. The van der Waals surface area contributed by atoms with E-state index < -0.39 is 0 Å². The molecule has 0 aliphatic carbocycles. The van der Waals surface area contributed by atoms with E-state index in [4.69, 9.17) is 28.5 Å². The summed E-state index contributed by atoms with van der Waals surface area (Å²) >= 11 is 11.9. The third-order valence-electron chi connectivity index (χ3n) is 2.25.